The van der Waals surface area contributed by atoms with Crippen LogP contribution in [0.15, 0.2) is 54.6 Å². The molecule has 0 aromatic heterocycles. The molecule has 0 fully saturated rings. The van der Waals surface area contributed by atoms with Gasteiger partial charge < -0.3 is 0 Å². The van der Waals surface area contributed by atoms with Crippen molar-refractivity contribution in [1.82, 2.24) is 0 Å². The summed E-state index contributed by atoms with van der Waals surface area (Å²) in [5, 5.41) is 2.14. The topological polar surface area (TPSA) is 34.1 Å². The molecule has 19 heavy (non-hydrogen) atoms. The van der Waals surface area contributed by atoms with Crippen molar-refractivity contribution in [2.45, 2.75) is 18.8 Å². The van der Waals surface area contributed by atoms with Crippen molar-refractivity contribution >= 4 is 22.3 Å². The number of carbonyl (C=O) groups excluding carboxylic acids is 2. The average Bonchev–Trinajstić information content (AvgIpc) is 2.42. The first kappa shape index (κ1) is 11.8. The first-order chi connectivity index (χ1) is 9.11. The number of benzene rings is 2. The number of carbonyl (C=O) groups is 2. The fourth-order valence-corrected chi connectivity index (χ4v) is 2.78. The summed E-state index contributed by atoms with van der Waals surface area (Å²) in [5.74, 6) is 0.0125. The molecule has 0 amide bonds. The van der Waals surface area contributed by atoms with Crippen LogP contribution >= 0.6 is 0 Å². The smallest absolute Gasteiger partial charge is 0.166 e. The third kappa shape index (κ3) is 1.80. The Hall–Kier alpha value is -2.22. The van der Waals surface area contributed by atoms with E-state index < -0.39 is 5.41 Å². The van der Waals surface area contributed by atoms with Gasteiger partial charge in [-0.1, -0.05) is 42.5 Å². The summed E-state index contributed by atoms with van der Waals surface area (Å²) in [6.07, 6.45) is 3.04. The normalized spacial score (nSPS) is 23.0. The maximum atomic E-state index is 12.3. The van der Waals surface area contributed by atoms with Gasteiger partial charge in [-0.15, -0.1) is 0 Å². The van der Waals surface area contributed by atoms with E-state index >= 15 is 0 Å². The number of ketones is 2. The molecule has 0 aliphatic heterocycles. The number of fused-ring (bicyclic) bond motifs is 1. The summed E-state index contributed by atoms with van der Waals surface area (Å²) < 4.78 is 0. The molecule has 2 nitrogen and oxygen atoms in total. The van der Waals surface area contributed by atoms with E-state index in [0.29, 0.717) is 0 Å². The summed E-state index contributed by atoms with van der Waals surface area (Å²) >= 11 is 0. The zero-order chi connectivity index (χ0) is 13.5. The van der Waals surface area contributed by atoms with Crippen molar-refractivity contribution in [2.75, 3.05) is 0 Å². The fraction of sp³-hybridized carbons (Fsp3) is 0.176. The van der Waals surface area contributed by atoms with Crippen molar-refractivity contribution in [3.05, 3.63) is 60.2 Å². The van der Waals surface area contributed by atoms with Crippen LogP contribution in [0.25, 0.3) is 10.8 Å². The molecule has 2 aromatic carbocycles. The van der Waals surface area contributed by atoms with Crippen molar-refractivity contribution < 1.29 is 9.59 Å². The Morgan fingerprint density at radius 2 is 1.68 bits per heavy atom. The molecule has 3 rings (SSSR count). The van der Waals surface area contributed by atoms with Gasteiger partial charge in [0.2, 0.25) is 0 Å². The molecule has 0 bridgehead atoms. The molecule has 0 radical (unpaired) electrons. The minimum absolute atomic E-state index is 0.00320. The maximum Gasteiger partial charge on any atom is 0.166 e. The number of hydrogen-bond donors (Lipinski definition) is 0. The lowest BCUT2D eigenvalue weighted by atomic mass is 9.71. The standard InChI is InChI=1S/C17H14O2/c1-17(11-13(18)9-10-16(17)19)15-8-4-6-12-5-2-3-7-14(12)15/h2-10H,11H2,1H3. The van der Waals surface area contributed by atoms with Gasteiger partial charge in [0.05, 0.1) is 5.41 Å². The quantitative estimate of drug-likeness (QED) is 0.779. The van der Waals surface area contributed by atoms with E-state index in [1.54, 1.807) is 0 Å². The van der Waals surface area contributed by atoms with Crippen LogP contribution in [0.5, 0.6) is 0 Å². The van der Waals surface area contributed by atoms with E-state index in [1.807, 2.05) is 49.4 Å². The van der Waals surface area contributed by atoms with Crippen LogP contribution < -0.4 is 0 Å². The predicted octanol–water partition coefficient (Wildman–Crippen LogP) is 3.20. The summed E-state index contributed by atoms with van der Waals surface area (Å²) in [6, 6.07) is 13.9. The van der Waals surface area contributed by atoms with Gasteiger partial charge in [-0.05, 0) is 35.4 Å². The molecule has 0 saturated heterocycles. The van der Waals surface area contributed by atoms with Gasteiger partial charge in [0.1, 0.15) is 0 Å². The Morgan fingerprint density at radius 3 is 2.53 bits per heavy atom. The van der Waals surface area contributed by atoms with Crippen LogP contribution in [0, 0.1) is 0 Å². The highest BCUT2D eigenvalue weighted by Crippen LogP contribution is 2.36. The minimum Gasteiger partial charge on any atom is -0.295 e. The Labute approximate surface area is 111 Å². The van der Waals surface area contributed by atoms with Gasteiger partial charge in [-0.3, -0.25) is 9.59 Å². The molecule has 0 saturated carbocycles. The van der Waals surface area contributed by atoms with Gasteiger partial charge in [-0.25, -0.2) is 0 Å². The van der Waals surface area contributed by atoms with E-state index in [4.69, 9.17) is 0 Å². The third-order valence-electron chi connectivity index (χ3n) is 3.88. The van der Waals surface area contributed by atoms with Gasteiger partial charge in [-0.2, -0.15) is 0 Å². The molecule has 1 aliphatic rings. The highest BCUT2D eigenvalue weighted by molar-refractivity contribution is 6.12. The van der Waals surface area contributed by atoms with E-state index in [-0.39, 0.29) is 18.0 Å². The number of hydrogen-bond acceptors (Lipinski definition) is 2. The minimum atomic E-state index is -0.743. The molecule has 1 aliphatic carbocycles. The molecule has 0 heterocycles. The monoisotopic (exact) mass is 250 g/mol. The molecular weight excluding hydrogens is 236 g/mol. The molecular formula is C17H14O2. The van der Waals surface area contributed by atoms with E-state index in [0.717, 1.165) is 16.3 Å². The largest absolute Gasteiger partial charge is 0.295 e. The molecule has 1 atom stereocenters. The zero-order valence-electron chi connectivity index (χ0n) is 10.7. The van der Waals surface area contributed by atoms with Crippen LogP contribution in [-0.4, -0.2) is 11.6 Å². The number of allylic oxidation sites excluding steroid dienone is 2. The highest BCUT2D eigenvalue weighted by atomic mass is 16.1. The molecule has 2 heteroatoms. The van der Waals surface area contributed by atoms with Crippen LogP contribution in [0.2, 0.25) is 0 Å². The first-order valence-corrected chi connectivity index (χ1v) is 6.35. The van der Waals surface area contributed by atoms with Crippen molar-refractivity contribution in [2.24, 2.45) is 0 Å². The van der Waals surface area contributed by atoms with Crippen LogP contribution in [-0.2, 0) is 15.0 Å². The van der Waals surface area contributed by atoms with Crippen LogP contribution in [0.3, 0.4) is 0 Å². The SMILES string of the molecule is CC1(c2cccc3ccccc23)CC(=O)C=CC1=O. The molecule has 0 spiro atoms. The van der Waals surface area contributed by atoms with Crippen molar-refractivity contribution in [3.8, 4) is 0 Å². The predicted molar refractivity (Wildman–Crippen MR) is 75.1 cm³/mol. The lowest BCUT2D eigenvalue weighted by molar-refractivity contribution is -0.125. The summed E-state index contributed by atoms with van der Waals surface area (Å²) in [4.78, 5) is 24.0. The lowest BCUT2D eigenvalue weighted by Crippen LogP contribution is -2.36. The summed E-state index contributed by atoms with van der Waals surface area (Å²) in [5.41, 5.74) is 0.195. The van der Waals surface area contributed by atoms with E-state index in [2.05, 4.69) is 0 Å². The second-order valence-electron chi connectivity index (χ2n) is 5.20. The molecule has 0 N–H and O–H groups in total. The Bertz CT molecular complexity index is 707. The Balaban J connectivity index is 2.27. The van der Waals surface area contributed by atoms with E-state index in [9.17, 15) is 9.59 Å². The molecule has 94 valence electrons. The fourth-order valence-electron chi connectivity index (χ4n) is 2.78. The first-order valence-electron chi connectivity index (χ1n) is 6.35. The van der Waals surface area contributed by atoms with Crippen LogP contribution in [0.1, 0.15) is 18.9 Å². The molecule has 1 unspecified atom stereocenters. The van der Waals surface area contributed by atoms with Gasteiger partial charge in [0.15, 0.2) is 11.6 Å². The van der Waals surface area contributed by atoms with Crippen molar-refractivity contribution in [3.63, 3.8) is 0 Å². The second-order valence-corrected chi connectivity index (χ2v) is 5.20. The Morgan fingerprint density at radius 1 is 0.947 bits per heavy atom. The van der Waals surface area contributed by atoms with E-state index in [1.165, 1.54) is 12.2 Å². The second kappa shape index (κ2) is 4.16. The van der Waals surface area contributed by atoms with Crippen molar-refractivity contribution in [1.29, 1.82) is 0 Å². The zero-order valence-corrected chi connectivity index (χ0v) is 10.7. The van der Waals surface area contributed by atoms with Gasteiger partial charge >= 0.3 is 0 Å². The van der Waals surface area contributed by atoms with Gasteiger partial charge in [0.25, 0.3) is 0 Å². The third-order valence-corrected chi connectivity index (χ3v) is 3.88. The van der Waals surface area contributed by atoms with Gasteiger partial charge in [0, 0.05) is 6.42 Å². The number of rotatable bonds is 1. The van der Waals surface area contributed by atoms with Crippen LogP contribution in [0.4, 0.5) is 0 Å². The lowest BCUT2D eigenvalue weighted by Gasteiger charge is -2.30. The summed E-state index contributed by atoms with van der Waals surface area (Å²) in [6.45, 7) is 1.86. The molecule has 2 aromatic rings. The maximum absolute atomic E-state index is 12.3. The summed E-state index contributed by atoms with van der Waals surface area (Å²) in [7, 11) is 0. The average molecular weight is 250 g/mol. The highest BCUT2D eigenvalue weighted by Gasteiger charge is 2.38. The Kier molecular flexibility index (Phi) is 2.59.